The molecule has 0 bridgehead atoms. The summed E-state index contributed by atoms with van der Waals surface area (Å²) in [7, 11) is 3.11. The Morgan fingerprint density at radius 1 is 1.29 bits per heavy atom. The average Bonchev–Trinajstić information content (AvgIpc) is 3.15. The van der Waals surface area contributed by atoms with Gasteiger partial charge in [-0.1, -0.05) is 6.92 Å². The second-order valence-electron chi connectivity index (χ2n) is 7.58. The lowest BCUT2D eigenvalue weighted by Gasteiger charge is -2.20. The van der Waals surface area contributed by atoms with Crippen molar-refractivity contribution in [3.8, 4) is 17.0 Å². The van der Waals surface area contributed by atoms with E-state index in [1.807, 2.05) is 13.0 Å². The summed E-state index contributed by atoms with van der Waals surface area (Å²) in [4.78, 5) is 25.3. The van der Waals surface area contributed by atoms with Crippen LogP contribution >= 0.6 is 0 Å². The van der Waals surface area contributed by atoms with Crippen LogP contribution in [0.1, 0.15) is 22.8 Å². The molecule has 0 spiro atoms. The molecule has 0 saturated carbocycles. The Morgan fingerprint density at radius 2 is 2.13 bits per heavy atom. The number of aliphatic hydroxyl groups excluding tert-OH is 1. The summed E-state index contributed by atoms with van der Waals surface area (Å²) in [6.45, 7) is 2.66. The summed E-state index contributed by atoms with van der Waals surface area (Å²) < 4.78 is 5.41. The van der Waals surface area contributed by atoms with Gasteiger partial charge < -0.3 is 25.8 Å². The lowest BCUT2D eigenvalue weighted by molar-refractivity contribution is 0.0963. The zero-order chi connectivity index (χ0) is 22.0. The number of amides is 1. The van der Waals surface area contributed by atoms with Crippen molar-refractivity contribution >= 4 is 23.4 Å². The smallest absolute Gasteiger partial charge is 0.251 e. The second-order valence-corrected chi connectivity index (χ2v) is 7.58. The summed E-state index contributed by atoms with van der Waals surface area (Å²) >= 11 is 0. The number of ether oxygens (including phenoxy) is 1. The maximum absolute atomic E-state index is 11.9. The largest absolute Gasteiger partial charge is 0.495 e. The van der Waals surface area contributed by atoms with Crippen LogP contribution in [0.3, 0.4) is 0 Å². The van der Waals surface area contributed by atoms with Gasteiger partial charge in [0.25, 0.3) is 5.91 Å². The minimum absolute atomic E-state index is 0.0283. The molecule has 4 N–H and O–H groups in total. The molecule has 0 fully saturated rings. The molecule has 3 heterocycles. The number of pyridine rings is 1. The summed E-state index contributed by atoms with van der Waals surface area (Å²) in [6.07, 6.45) is 3.41. The number of nitrogens with one attached hydrogen (secondary N) is 3. The first kappa shape index (κ1) is 20.5. The third-order valence-corrected chi connectivity index (χ3v) is 5.42. The zero-order valence-corrected chi connectivity index (χ0v) is 17.6. The van der Waals surface area contributed by atoms with Crippen LogP contribution in [0, 0.1) is 0 Å². The van der Waals surface area contributed by atoms with Gasteiger partial charge in [-0.05, 0) is 30.3 Å². The molecule has 1 aliphatic heterocycles. The van der Waals surface area contributed by atoms with Crippen molar-refractivity contribution in [2.45, 2.75) is 12.3 Å². The molecule has 31 heavy (non-hydrogen) atoms. The molecular weight excluding hydrogens is 396 g/mol. The van der Waals surface area contributed by atoms with Gasteiger partial charge >= 0.3 is 0 Å². The number of aliphatic hydroxyl groups is 1. The maximum Gasteiger partial charge on any atom is 0.251 e. The normalized spacial score (nSPS) is 16.9. The quantitative estimate of drug-likeness (QED) is 0.479. The molecule has 9 nitrogen and oxygen atoms in total. The average molecular weight is 420 g/mol. The number of aromatic nitrogens is 3. The van der Waals surface area contributed by atoms with E-state index in [1.54, 1.807) is 43.7 Å². The number of hydrogen-bond acceptors (Lipinski definition) is 8. The molecule has 0 radical (unpaired) electrons. The van der Waals surface area contributed by atoms with Crippen LogP contribution in [0.5, 0.6) is 5.75 Å². The van der Waals surface area contributed by atoms with Crippen molar-refractivity contribution in [2.75, 3.05) is 37.9 Å². The van der Waals surface area contributed by atoms with E-state index in [4.69, 9.17) is 4.74 Å². The number of hydrogen-bond donors (Lipinski definition) is 4. The van der Waals surface area contributed by atoms with Crippen molar-refractivity contribution in [2.24, 2.45) is 0 Å². The molecule has 160 valence electrons. The Bertz CT molecular complexity index is 1140. The predicted molar refractivity (Wildman–Crippen MR) is 118 cm³/mol. The van der Waals surface area contributed by atoms with E-state index >= 15 is 0 Å². The van der Waals surface area contributed by atoms with Crippen LogP contribution < -0.4 is 20.7 Å². The fourth-order valence-corrected chi connectivity index (χ4v) is 3.50. The van der Waals surface area contributed by atoms with Gasteiger partial charge in [0.2, 0.25) is 5.95 Å². The highest BCUT2D eigenvalue weighted by atomic mass is 16.5. The van der Waals surface area contributed by atoms with Crippen LogP contribution in [0.25, 0.3) is 11.3 Å². The van der Waals surface area contributed by atoms with E-state index in [0.29, 0.717) is 35.2 Å². The first-order chi connectivity index (χ1) is 15.0. The molecule has 3 aromatic rings. The number of fused-ring (bicyclic) bond motifs is 1. The lowest BCUT2D eigenvalue weighted by Crippen LogP contribution is -2.28. The molecule has 4 rings (SSSR count). The molecule has 1 atom stereocenters. The molecule has 1 amide bonds. The third kappa shape index (κ3) is 3.87. The first-order valence-electron chi connectivity index (χ1n) is 9.83. The number of nitrogens with zero attached hydrogens (tertiary/aromatic N) is 3. The summed E-state index contributed by atoms with van der Waals surface area (Å²) in [6, 6.07) is 8.90. The van der Waals surface area contributed by atoms with Gasteiger partial charge in [0, 0.05) is 48.1 Å². The molecular formula is C22H24N6O3. The predicted octanol–water partition coefficient (Wildman–Crippen LogP) is 2.33. The van der Waals surface area contributed by atoms with Gasteiger partial charge in [-0.2, -0.15) is 0 Å². The SMILES string of the molecule is CNC(=O)c1ccc(Nc2nccc(-c3cnc4c(c3)C(C)(CO)CN4)n2)c(OC)c1. The van der Waals surface area contributed by atoms with E-state index in [9.17, 15) is 9.90 Å². The number of carbonyl (C=O) groups is 1. The Balaban J connectivity index is 1.63. The monoisotopic (exact) mass is 420 g/mol. The number of benzene rings is 1. The highest BCUT2D eigenvalue weighted by Crippen LogP contribution is 2.37. The minimum Gasteiger partial charge on any atom is -0.495 e. The summed E-state index contributed by atoms with van der Waals surface area (Å²) in [5.74, 6) is 1.47. The maximum atomic E-state index is 11.9. The highest BCUT2D eigenvalue weighted by molar-refractivity contribution is 5.95. The molecule has 9 heteroatoms. The fourth-order valence-electron chi connectivity index (χ4n) is 3.50. The topological polar surface area (TPSA) is 121 Å². The molecule has 2 aromatic heterocycles. The summed E-state index contributed by atoms with van der Waals surface area (Å²) in [5, 5.41) is 18.8. The van der Waals surface area contributed by atoms with E-state index in [1.165, 1.54) is 7.11 Å². The Labute approximate surface area is 179 Å². The van der Waals surface area contributed by atoms with Crippen molar-refractivity contribution < 1.29 is 14.6 Å². The van der Waals surface area contributed by atoms with E-state index < -0.39 is 0 Å². The van der Waals surface area contributed by atoms with E-state index in [2.05, 4.69) is 30.9 Å². The highest BCUT2D eigenvalue weighted by Gasteiger charge is 2.35. The standard InChI is InChI=1S/C22H24N6O3/c1-22(12-29)11-26-19-15(22)8-14(10-25-19)16-6-7-24-21(27-16)28-17-5-4-13(20(30)23-2)9-18(17)31-3/h4-10,29H,11-12H2,1-3H3,(H,23,30)(H,25,26)(H,24,27,28). The van der Waals surface area contributed by atoms with Crippen LogP contribution in [0.2, 0.25) is 0 Å². The third-order valence-electron chi connectivity index (χ3n) is 5.42. The van der Waals surface area contributed by atoms with Crippen molar-refractivity contribution in [1.82, 2.24) is 20.3 Å². The van der Waals surface area contributed by atoms with Crippen molar-refractivity contribution in [1.29, 1.82) is 0 Å². The number of anilines is 3. The molecule has 1 aliphatic rings. The molecule has 0 saturated heterocycles. The van der Waals surface area contributed by atoms with Gasteiger partial charge in [-0.3, -0.25) is 4.79 Å². The van der Waals surface area contributed by atoms with Crippen LogP contribution in [-0.4, -0.2) is 53.3 Å². The minimum atomic E-state index is -0.383. The van der Waals surface area contributed by atoms with Crippen LogP contribution in [0.15, 0.2) is 42.7 Å². The molecule has 1 aromatic carbocycles. The fraction of sp³-hybridized carbons (Fsp3) is 0.273. The van der Waals surface area contributed by atoms with Crippen LogP contribution in [-0.2, 0) is 5.41 Å². The van der Waals surface area contributed by atoms with E-state index in [-0.39, 0.29) is 17.9 Å². The van der Waals surface area contributed by atoms with Crippen molar-refractivity contribution in [3.05, 3.63) is 53.9 Å². The zero-order valence-electron chi connectivity index (χ0n) is 17.6. The van der Waals surface area contributed by atoms with Gasteiger partial charge in [0.05, 0.1) is 25.1 Å². The first-order valence-corrected chi connectivity index (χ1v) is 9.83. The lowest BCUT2D eigenvalue weighted by atomic mass is 9.85. The summed E-state index contributed by atoms with van der Waals surface area (Å²) in [5.41, 5.74) is 3.23. The molecule has 1 unspecified atom stereocenters. The molecule has 0 aliphatic carbocycles. The Hall–Kier alpha value is -3.72. The van der Waals surface area contributed by atoms with Crippen LogP contribution in [0.4, 0.5) is 17.5 Å². The Morgan fingerprint density at radius 3 is 2.87 bits per heavy atom. The van der Waals surface area contributed by atoms with Gasteiger partial charge in [-0.15, -0.1) is 0 Å². The van der Waals surface area contributed by atoms with E-state index in [0.717, 1.165) is 16.9 Å². The van der Waals surface area contributed by atoms with Gasteiger partial charge in [0.1, 0.15) is 11.6 Å². The van der Waals surface area contributed by atoms with Gasteiger partial charge in [0.15, 0.2) is 0 Å². The number of methoxy groups -OCH3 is 1. The van der Waals surface area contributed by atoms with Gasteiger partial charge in [-0.25, -0.2) is 15.0 Å². The number of carbonyl (C=O) groups excluding carboxylic acids is 1. The number of rotatable bonds is 6. The Kier molecular flexibility index (Phi) is 5.43. The second kappa shape index (κ2) is 8.19. The van der Waals surface area contributed by atoms with Crippen molar-refractivity contribution in [3.63, 3.8) is 0 Å².